The maximum absolute atomic E-state index is 5.99. The summed E-state index contributed by atoms with van der Waals surface area (Å²) in [6.45, 7) is 11.6. The number of aryl methyl sites for hydroxylation is 2. The van der Waals surface area contributed by atoms with Crippen molar-refractivity contribution in [3.8, 4) is 11.5 Å². The predicted molar refractivity (Wildman–Crippen MR) is 145 cm³/mol. The van der Waals surface area contributed by atoms with Crippen molar-refractivity contribution >= 4 is 11.4 Å². The van der Waals surface area contributed by atoms with Crippen molar-refractivity contribution in [3.63, 3.8) is 0 Å². The van der Waals surface area contributed by atoms with Gasteiger partial charge in [-0.15, -0.1) is 0 Å². The van der Waals surface area contributed by atoms with E-state index in [0.717, 1.165) is 63.7 Å². The van der Waals surface area contributed by atoms with Crippen LogP contribution in [-0.2, 0) is 22.3 Å². The number of hydrogen-bond donors (Lipinski definition) is 0. The second-order valence-corrected chi connectivity index (χ2v) is 10.3. The van der Waals surface area contributed by atoms with Crippen molar-refractivity contribution in [1.29, 1.82) is 0 Å². The topological polar surface area (TPSA) is 50.0 Å². The Balaban J connectivity index is 1.24. The summed E-state index contributed by atoms with van der Waals surface area (Å²) in [4.78, 5) is 5.13. The molecule has 3 aliphatic rings. The van der Waals surface area contributed by atoms with E-state index < -0.39 is 0 Å². The molecule has 2 aromatic carbocycles. The number of piperazine rings is 1. The lowest BCUT2D eigenvalue weighted by molar-refractivity contribution is 0.263. The molecule has 196 valence electrons. The molecule has 5 rings (SSSR count). The van der Waals surface area contributed by atoms with Crippen LogP contribution in [0, 0.1) is 0 Å². The fourth-order valence-corrected chi connectivity index (χ4v) is 4.95. The number of rotatable bonds is 14. The van der Waals surface area contributed by atoms with Crippen LogP contribution in [0.2, 0.25) is 0 Å². The maximum Gasteiger partial charge on any atom is 0.119 e. The third kappa shape index (κ3) is 6.86. The van der Waals surface area contributed by atoms with Gasteiger partial charge in [0.2, 0.25) is 0 Å². The minimum absolute atomic E-state index is 0.284. The van der Waals surface area contributed by atoms with Crippen molar-refractivity contribution < 1.29 is 18.9 Å². The number of epoxide rings is 2. The molecule has 3 aliphatic heterocycles. The first kappa shape index (κ1) is 25.2. The average molecular weight is 495 g/mol. The zero-order chi connectivity index (χ0) is 24.7. The van der Waals surface area contributed by atoms with E-state index in [1.165, 1.54) is 48.2 Å². The van der Waals surface area contributed by atoms with Crippen LogP contribution in [0.25, 0.3) is 0 Å². The molecule has 0 saturated carbocycles. The fourth-order valence-electron chi connectivity index (χ4n) is 4.95. The molecule has 6 nitrogen and oxygen atoms in total. The van der Waals surface area contributed by atoms with E-state index >= 15 is 0 Å². The van der Waals surface area contributed by atoms with E-state index in [-0.39, 0.29) is 12.2 Å². The average Bonchev–Trinajstić information content (AvgIpc) is 3.84. The molecule has 0 N–H and O–H groups in total. The first-order chi connectivity index (χ1) is 17.7. The van der Waals surface area contributed by atoms with E-state index in [0.29, 0.717) is 13.2 Å². The number of unbranched alkanes of at least 4 members (excludes halogenated alkanes) is 2. The first-order valence-electron chi connectivity index (χ1n) is 14.0. The van der Waals surface area contributed by atoms with Gasteiger partial charge in [-0.2, -0.15) is 0 Å². The molecule has 0 aliphatic carbocycles. The minimum atomic E-state index is 0.284. The van der Waals surface area contributed by atoms with E-state index in [2.05, 4.69) is 60.0 Å². The number of nitrogens with zero attached hydrogens (tertiary/aromatic N) is 2. The van der Waals surface area contributed by atoms with Gasteiger partial charge in [-0.1, -0.05) is 26.7 Å². The number of benzene rings is 2. The summed E-state index contributed by atoms with van der Waals surface area (Å²) in [7, 11) is 0. The van der Waals surface area contributed by atoms with Gasteiger partial charge in [-0.05, 0) is 73.2 Å². The van der Waals surface area contributed by atoms with Gasteiger partial charge in [-0.3, -0.25) is 0 Å². The Morgan fingerprint density at radius 3 is 1.47 bits per heavy atom. The van der Waals surface area contributed by atoms with E-state index in [9.17, 15) is 0 Å². The lowest BCUT2D eigenvalue weighted by Gasteiger charge is -2.39. The Hall–Kier alpha value is -2.44. The Morgan fingerprint density at radius 2 is 1.11 bits per heavy atom. The monoisotopic (exact) mass is 494 g/mol. The summed E-state index contributed by atoms with van der Waals surface area (Å²) >= 11 is 0. The summed E-state index contributed by atoms with van der Waals surface area (Å²) in [5, 5.41) is 0. The van der Waals surface area contributed by atoms with Crippen LogP contribution in [0.3, 0.4) is 0 Å². The van der Waals surface area contributed by atoms with E-state index in [1.54, 1.807) is 0 Å². The van der Waals surface area contributed by atoms with Crippen LogP contribution < -0.4 is 19.3 Å². The molecular formula is C30H42N2O4. The predicted octanol–water partition coefficient (Wildman–Crippen LogP) is 5.25. The molecule has 3 heterocycles. The molecule has 2 aromatic rings. The van der Waals surface area contributed by atoms with Crippen LogP contribution in [0.15, 0.2) is 36.4 Å². The standard InChI is InChI=1S/C30H42N2O4/c1-3-5-7-23-17-25(33-19-27-21-35-27)9-11-29(23)31-13-15-32(16-14-31)30-12-10-26(34-20-28-22-36-28)18-24(30)8-6-4-2/h9-12,17-18,27-28H,3-8,13-16,19-22H2,1-2H3. The molecule has 0 aromatic heterocycles. The lowest BCUT2D eigenvalue weighted by atomic mass is 10.0. The van der Waals surface area contributed by atoms with Crippen LogP contribution in [0.5, 0.6) is 11.5 Å². The second kappa shape index (κ2) is 12.2. The normalized spacial score (nSPS) is 20.9. The molecule has 0 spiro atoms. The van der Waals surface area contributed by atoms with Crippen molar-refractivity contribution in [2.45, 2.75) is 64.6 Å². The summed E-state index contributed by atoms with van der Waals surface area (Å²) in [6, 6.07) is 13.3. The van der Waals surface area contributed by atoms with E-state index in [1.807, 2.05) is 0 Å². The first-order valence-corrected chi connectivity index (χ1v) is 14.0. The van der Waals surface area contributed by atoms with Gasteiger partial charge >= 0.3 is 0 Å². The van der Waals surface area contributed by atoms with E-state index in [4.69, 9.17) is 18.9 Å². The van der Waals surface area contributed by atoms with Crippen LogP contribution in [0.1, 0.15) is 50.7 Å². The van der Waals surface area contributed by atoms with Gasteiger partial charge in [0.25, 0.3) is 0 Å². The molecule has 2 unspecified atom stereocenters. The lowest BCUT2D eigenvalue weighted by Crippen LogP contribution is -2.47. The van der Waals surface area contributed by atoms with Gasteiger partial charge in [0.05, 0.1) is 13.2 Å². The molecule has 36 heavy (non-hydrogen) atoms. The third-order valence-corrected chi connectivity index (χ3v) is 7.34. The minimum Gasteiger partial charge on any atom is -0.491 e. The highest BCUT2D eigenvalue weighted by atomic mass is 16.6. The van der Waals surface area contributed by atoms with Gasteiger partial charge < -0.3 is 28.7 Å². The van der Waals surface area contributed by atoms with Crippen LogP contribution in [-0.4, -0.2) is 64.8 Å². The SMILES string of the molecule is CCCCc1cc(OCC2CO2)ccc1N1CCN(c2ccc(OCC3CO3)cc2CCCC)CC1. The quantitative estimate of drug-likeness (QED) is 0.334. The highest BCUT2D eigenvalue weighted by molar-refractivity contribution is 5.60. The molecule has 3 fully saturated rings. The van der Waals surface area contributed by atoms with Gasteiger partial charge in [-0.25, -0.2) is 0 Å². The zero-order valence-corrected chi connectivity index (χ0v) is 22.0. The zero-order valence-electron chi connectivity index (χ0n) is 22.0. The third-order valence-electron chi connectivity index (χ3n) is 7.34. The molecule has 3 saturated heterocycles. The summed E-state index contributed by atoms with van der Waals surface area (Å²) in [6.07, 6.45) is 7.55. The smallest absolute Gasteiger partial charge is 0.119 e. The fraction of sp³-hybridized carbons (Fsp3) is 0.600. The largest absolute Gasteiger partial charge is 0.491 e. The van der Waals surface area contributed by atoms with Gasteiger partial charge in [0.1, 0.15) is 36.9 Å². The summed E-state index contributed by atoms with van der Waals surface area (Å²) < 4.78 is 22.6. The van der Waals surface area contributed by atoms with Crippen LogP contribution in [0.4, 0.5) is 11.4 Å². The van der Waals surface area contributed by atoms with Crippen molar-refractivity contribution in [1.82, 2.24) is 0 Å². The Labute approximate surface area is 216 Å². The Bertz CT molecular complexity index is 901. The van der Waals surface area contributed by atoms with Gasteiger partial charge in [0, 0.05) is 37.6 Å². The Morgan fingerprint density at radius 1 is 0.694 bits per heavy atom. The number of hydrogen-bond acceptors (Lipinski definition) is 6. The molecule has 0 radical (unpaired) electrons. The van der Waals surface area contributed by atoms with Crippen molar-refractivity contribution in [2.24, 2.45) is 0 Å². The molecule has 0 bridgehead atoms. The second-order valence-electron chi connectivity index (χ2n) is 10.3. The maximum atomic E-state index is 5.99. The summed E-state index contributed by atoms with van der Waals surface area (Å²) in [5.41, 5.74) is 5.55. The highest BCUT2D eigenvalue weighted by Crippen LogP contribution is 2.32. The summed E-state index contributed by atoms with van der Waals surface area (Å²) in [5.74, 6) is 1.94. The van der Waals surface area contributed by atoms with Gasteiger partial charge in [0.15, 0.2) is 0 Å². The number of ether oxygens (including phenoxy) is 4. The molecular weight excluding hydrogens is 452 g/mol. The molecule has 2 atom stereocenters. The molecule has 6 heteroatoms. The van der Waals surface area contributed by atoms with Crippen molar-refractivity contribution in [3.05, 3.63) is 47.5 Å². The van der Waals surface area contributed by atoms with Crippen molar-refractivity contribution in [2.75, 3.05) is 62.4 Å². The Kier molecular flexibility index (Phi) is 8.55. The molecule has 0 amide bonds. The highest BCUT2D eigenvalue weighted by Gasteiger charge is 2.25. The number of anilines is 2. The van der Waals surface area contributed by atoms with Crippen LogP contribution >= 0.6 is 0 Å².